The number of aliphatic hydroxyl groups is 7. The first-order valence-electron chi connectivity index (χ1n) is 20.8. The van der Waals surface area contributed by atoms with Gasteiger partial charge in [0.25, 0.3) is 0 Å². The second-order valence-corrected chi connectivity index (χ2v) is 15.4. The first-order valence-corrected chi connectivity index (χ1v) is 20.8. The SMILES string of the molecule is O=C(OC[C@H]1O[C@@H](O[C@H]2[C@@H](O)[C@@H](CO)O[C@@H](O[C@@H]3[C@@H](O)[C@H](O)O[C@H](CO)[C@@H]3O)[C@@H]2O)[C@H](OC(=O)c2ccccc2)[C@@H](OC(=O)c2ccccc2)[C@H]1OC(=O)c1ccccc1)c1ccccc1. The van der Waals surface area contributed by atoms with Gasteiger partial charge in [-0.05, 0) is 48.5 Å². The molecule has 0 aliphatic carbocycles. The third kappa shape index (κ3) is 11.1. The van der Waals surface area contributed by atoms with Crippen LogP contribution in [0.5, 0.6) is 0 Å². The predicted octanol–water partition coefficient (Wildman–Crippen LogP) is -0.114. The first-order chi connectivity index (χ1) is 31.9. The molecule has 15 atom stereocenters. The lowest BCUT2D eigenvalue weighted by atomic mass is 9.95. The molecule has 3 aliphatic heterocycles. The largest absolute Gasteiger partial charge is 0.459 e. The molecule has 7 rings (SSSR count). The number of hydrogen-bond acceptors (Lipinski definition) is 20. The van der Waals surface area contributed by atoms with E-state index in [2.05, 4.69) is 0 Å². The van der Waals surface area contributed by atoms with Gasteiger partial charge in [0.2, 0.25) is 0 Å². The molecule has 352 valence electrons. The summed E-state index contributed by atoms with van der Waals surface area (Å²) in [5.41, 5.74) is 0.140. The maximum Gasteiger partial charge on any atom is 0.338 e. The lowest BCUT2D eigenvalue weighted by molar-refractivity contribution is -0.378. The highest BCUT2D eigenvalue weighted by Crippen LogP contribution is 2.36. The Balaban J connectivity index is 1.29. The number of benzene rings is 4. The molecule has 7 N–H and O–H groups in total. The summed E-state index contributed by atoms with van der Waals surface area (Å²) in [5, 5.41) is 75.2. The van der Waals surface area contributed by atoms with Crippen molar-refractivity contribution < 1.29 is 97.6 Å². The zero-order valence-electron chi connectivity index (χ0n) is 34.8. The minimum absolute atomic E-state index is 0.00174. The van der Waals surface area contributed by atoms with Gasteiger partial charge in [0.15, 0.2) is 37.2 Å². The molecule has 3 aliphatic rings. The highest BCUT2D eigenvalue weighted by atomic mass is 16.8. The van der Waals surface area contributed by atoms with Crippen molar-refractivity contribution in [3.05, 3.63) is 144 Å². The van der Waals surface area contributed by atoms with Crippen LogP contribution >= 0.6 is 0 Å². The van der Waals surface area contributed by atoms with Crippen molar-refractivity contribution in [2.75, 3.05) is 19.8 Å². The molecule has 3 saturated heterocycles. The van der Waals surface area contributed by atoms with Crippen molar-refractivity contribution in [1.82, 2.24) is 0 Å². The summed E-state index contributed by atoms with van der Waals surface area (Å²) in [4.78, 5) is 55.2. The van der Waals surface area contributed by atoms with E-state index in [1.54, 1.807) is 60.7 Å². The molecule has 0 amide bonds. The summed E-state index contributed by atoms with van der Waals surface area (Å²) in [6, 6.07) is 30.5. The van der Waals surface area contributed by atoms with Crippen LogP contribution in [0.2, 0.25) is 0 Å². The molecule has 0 unspecified atom stereocenters. The number of carbonyl (C=O) groups is 4. The van der Waals surface area contributed by atoms with E-state index in [1.165, 1.54) is 60.7 Å². The molecular formula is C46H48O20. The van der Waals surface area contributed by atoms with E-state index >= 15 is 0 Å². The van der Waals surface area contributed by atoms with Gasteiger partial charge in [-0.25, -0.2) is 19.2 Å². The standard InChI is InChI=1S/C46H48O20/c47-21-28-31(49)36(33(51)44(57)59-28)65-45-34(52)37(32(50)29(22-48)60-45)66-46-39(64-43(56)27-19-11-4-12-20-27)38(63-42(55)26-17-9-3-10-18-26)35(62-41(54)25-15-7-2-8-16-25)30(61-46)23-58-40(53)24-13-5-1-6-14-24/h1-20,28-39,44-52,57H,21-23H2/t28-,29-,30-,31+,32+,33-,34-,35+,36+,37+,38+,39-,44-,45+,46+/m1/s1. The fourth-order valence-corrected chi connectivity index (χ4v) is 7.50. The molecule has 66 heavy (non-hydrogen) atoms. The number of ether oxygens (including phenoxy) is 9. The van der Waals surface area contributed by atoms with Gasteiger partial charge < -0.3 is 78.4 Å². The molecule has 0 spiro atoms. The van der Waals surface area contributed by atoms with Crippen molar-refractivity contribution in [1.29, 1.82) is 0 Å². The van der Waals surface area contributed by atoms with Crippen LogP contribution in [0, 0.1) is 0 Å². The lowest BCUT2D eigenvalue weighted by Gasteiger charge is -2.48. The van der Waals surface area contributed by atoms with E-state index in [1.807, 2.05) is 0 Å². The Kier molecular flexibility index (Phi) is 16.2. The van der Waals surface area contributed by atoms with Gasteiger partial charge in [-0.3, -0.25) is 0 Å². The Labute approximate surface area is 376 Å². The second kappa shape index (κ2) is 22.2. The highest BCUT2D eigenvalue weighted by molar-refractivity contribution is 5.91. The van der Waals surface area contributed by atoms with E-state index in [-0.39, 0.29) is 22.3 Å². The Morgan fingerprint density at radius 2 is 0.788 bits per heavy atom. The molecule has 0 saturated carbocycles. The monoisotopic (exact) mass is 920 g/mol. The Morgan fingerprint density at radius 3 is 1.26 bits per heavy atom. The van der Waals surface area contributed by atoms with Gasteiger partial charge in [0, 0.05) is 0 Å². The zero-order chi connectivity index (χ0) is 46.9. The molecule has 20 heteroatoms. The molecule has 3 fully saturated rings. The van der Waals surface area contributed by atoms with Crippen LogP contribution in [-0.2, 0) is 42.6 Å². The van der Waals surface area contributed by atoms with E-state index in [0.717, 1.165) is 0 Å². The lowest BCUT2D eigenvalue weighted by Crippen LogP contribution is -2.67. The van der Waals surface area contributed by atoms with Crippen molar-refractivity contribution in [2.24, 2.45) is 0 Å². The van der Waals surface area contributed by atoms with Crippen LogP contribution < -0.4 is 0 Å². The first kappa shape index (κ1) is 48.2. The van der Waals surface area contributed by atoms with Crippen molar-refractivity contribution in [3.8, 4) is 0 Å². The summed E-state index contributed by atoms with van der Waals surface area (Å²) in [5.74, 6) is -3.88. The summed E-state index contributed by atoms with van der Waals surface area (Å²) < 4.78 is 52.7. The van der Waals surface area contributed by atoms with Crippen molar-refractivity contribution in [2.45, 2.75) is 92.1 Å². The van der Waals surface area contributed by atoms with Gasteiger partial charge >= 0.3 is 23.9 Å². The Morgan fingerprint density at radius 1 is 0.409 bits per heavy atom. The number of carbonyl (C=O) groups excluding carboxylic acids is 4. The average Bonchev–Trinajstić information content (AvgIpc) is 3.35. The summed E-state index contributed by atoms with van der Waals surface area (Å²) in [6.07, 6.45) is -28.1. The fourth-order valence-electron chi connectivity index (χ4n) is 7.50. The smallest absolute Gasteiger partial charge is 0.338 e. The van der Waals surface area contributed by atoms with E-state index in [9.17, 15) is 54.9 Å². The van der Waals surface area contributed by atoms with Crippen LogP contribution in [0.25, 0.3) is 0 Å². The molecular weight excluding hydrogens is 872 g/mol. The van der Waals surface area contributed by atoms with Crippen LogP contribution in [0.15, 0.2) is 121 Å². The molecule has 0 bridgehead atoms. The predicted molar refractivity (Wildman–Crippen MR) is 220 cm³/mol. The van der Waals surface area contributed by atoms with Crippen LogP contribution in [0.3, 0.4) is 0 Å². The van der Waals surface area contributed by atoms with Gasteiger partial charge in [-0.2, -0.15) is 0 Å². The topological polar surface area (TPSA) is 293 Å². The van der Waals surface area contributed by atoms with Gasteiger partial charge in [0.1, 0.15) is 61.5 Å². The quantitative estimate of drug-likeness (QED) is 0.0605. The van der Waals surface area contributed by atoms with Gasteiger partial charge in [-0.1, -0.05) is 72.8 Å². The summed E-state index contributed by atoms with van der Waals surface area (Å²) >= 11 is 0. The number of hydrogen-bond donors (Lipinski definition) is 7. The Hall–Kier alpha value is -5.72. The molecule has 0 aromatic heterocycles. The Bertz CT molecular complexity index is 2200. The van der Waals surface area contributed by atoms with Gasteiger partial charge in [0.05, 0.1) is 35.5 Å². The van der Waals surface area contributed by atoms with E-state index in [0.29, 0.717) is 0 Å². The third-order valence-corrected chi connectivity index (χ3v) is 11.0. The number of rotatable bonds is 15. The summed E-state index contributed by atoms with van der Waals surface area (Å²) in [7, 11) is 0. The molecule has 0 radical (unpaired) electrons. The van der Waals surface area contributed by atoms with Crippen molar-refractivity contribution >= 4 is 23.9 Å². The van der Waals surface area contributed by atoms with Crippen molar-refractivity contribution in [3.63, 3.8) is 0 Å². The van der Waals surface area contributed by atoms with E-state index < -0.39 is 136 Å². The normalized spacial score (nSPS) is 32.1. The zero-order valence-corrected chi connectivity index (χ0v) is 34.8. The maximum absolute atomic E-state index is 14.0. The van der Waals surface area contributed by atoms with Crippen LogP contribution in [-0.4, -0.2) is 172 Å². The van der Waals surface area contributed by atoms with Gasteiger partial charge in [-0.15, -0.1) is 0 Å². The third-order valence-electron chi connectivity index (χ3n) is 11.0. The summed E-state index contributed by atoms with van der Waals surface area (Å²) in [6.45, 7) is -2.51. The average molecular weight is 921 g/mol. The van der Waals surface area contributed by atoms with Crippen LogP contribution in [0.1, 0.15) is 41.4 Å². The number of aliphatic hydroxyl groups excluding tert-OH is 7. The maximum atomic E-state index is 14.0. The minimum Gasteiger partial charge on any atom is -0.459 e. The van der Waals surface area contributed by atoms with Crippen LogP contribution in [0.4, 0.5) is 0 Å². The van der Waals surface area contributed by atoms with E-state index in [4.69, 9.17) is 42.6 Å². The minimum atomic E-state index is -2.14. The molecule has 3 heterocycles. The second-order valence-electron chi connectivity index (χ2n) is 15.4. The highest BCUT2D eigenvalue weighted by Gasteiger charge is 2.57. The molecule has 4 aromatic rings. The molecule has 20 nitrogen and oxygen atoms in total. The molecule has 4 aromatic carbocycles. The fraction of sp³-hybridized carbons (Fsp3) is 0.391. The number of esters is 4.